The average Bonchev–Trinajstić information content (AvgIpc) is 3.34. The van der Waals surface area contributed by atoms with Crippen LogP contribution in [0.2, 0.25) is 0 Å². The van der Waals surface area contributed by atoms with Gasteiger partial charge in [-0.05, 0) is 35.7 Å². The first kappa shape index (κ1) is 15.6. The summed E-state index contributed by atoms with van der Waals surface area (Å²) in [4.78, 5) is 20.6. The van der Waals surface area contributed by atoms with E-state index < -0.39 is 0 Å². The number of hydrogen-bond donors (Lipinski definition) is 0. The summed E-state index contributed by atoms with van der Waals surface area (Å²) in [6.07, 6.45) is 3.32. The summed E-state index contributed by atoms with van der Waals surface area (Å²) in [5.74, 6) is 0.742. The van der Waals surface area contributed by atoms with Crippen LogP contribution in [-0.2, 0) is 13.1 Å². The summed E-state index contributed by atoms with van der Waals surface area (Å²) in [6, 6.07) is 17.3. The Bertz CT molecular complexity index is 937. The van der Waals surface area contributed by atoms with E-state index in [1.165, 1.54) is 0 Å². The molecule has 0 aliphatic heterocycles. The zero-order valence-corrected chi connectivity index (χ0v) is 14.3. The minimum Gasteiger partial charge on any atom is -0.467 e. The third-order valence-corrected chi connectivity index (χ3v) is 4.88. The fraction of sp³-hybridized carbons (Fsp3) is 0.100. The number of para-hydroxylation sites is 1. The predicted octanol–water partition coefficient (Wildman–Crippen LogP) is 4.73. The number of benzene rings is 1. The molecule has 0 N–H and O–H groups in total. The van der Waals surface area contributed by atoms with Gasteiger partial charge in [0, 0.05) is 16.5 Å². The SMILES string of the molecule is O=C(c1ccnc2ccccc12)N(Cc1ccco1)Cc1cccs1. The van der Waals surface area contributed by atoms with E-state index in [4.69, 9.17) is 4.42 Å². The highest BCUT2D eigenvalue weighted by Gasteiger charge is 2.20. The van der Waals surface area contributed by atoms with Gasteiger partial charge in [0.25, 0.3) is 5.91 Å². The lowest BCUT2D eigenvalue weighted by atomic mass is 10.1. The normalized spacial score (nSPS) is 10.9. The lowest BCUT2D eigenvalue weighted by molar-refractivity contribution is 0.0721. The third-order valence-electron chi connectivity index (χ3n) is 4.02. The van der Waals surface area contributed by atoms with Gasteiger partial charge in [0.1, 0.15) is 5.76 Å². The number of carbonyl (C=O) groups excluding carboxylic acids is 1. The van der Waals surface area contributed by atoms with Gasteiger partial charge in [-0.15, -0.1) is 11.3 Å². The molecule has 0 fully saturated rings. The van der Waals surface area contributed by atoms with Crippen LogP contribution in [0.1, 0.15) is 21.0 Å². The van der Waals surface area contributed by atoms with Crippen molar-refractivity contribution >= 4 is 28.1 Å². The van der Waals surface area contributed by atoms with Gasteiger partial charge in [-0.1, -0.05) is 24.3 Å². The van der Waals surface area contributed by atoms with Crippen LogP contribution < -0.4 is 0 Å². The zero-order chi connectivity index (χ0) is 17.1. The van der Waals surface area contributed by atoms with Gasteiger partial charge >= 0.3 is 0 Å². The molecule has 0 saturated heterocycles. The number of hydrogen-bond acceptors (Lipinski definition) is 4. The minimum absolute atomic E-state index is 0.0246. The predicted molar refractivity (Wildman–Crippen MR) is 98.3 cm³/mol. The van der Waals surface area contributed by atoms with Crippen molar-refractivity contribution in [2.75, 3.05) is 0 Å². The standard InChI is InChI=1S/C20H16N2O2S/c23-20(18-9-10-21-19-8-2-1-7-17(18)19)22(13-15-5-3-11-24-15)14-16-6-4-12-25-16/h1-12H,13-14H2. The van der Waals surface area contributed by atoms with E-state index in [0.29, 0.717) is 18.7 Å². The number of furan rings is 1. The second-order valence-electron chi connectivity index (χ2n) is 5.70. The summed E-state index contributed by atoms with van der Waals surface area (Å²) in [7, 11) is 0. The van der Waals surface area contributed by atoms with Crippen molar-refractivity contribution < 1.29 is 9.21 Å². The summed E-state index contributed by atoms with van der Waals surface area (Å²) in [5, 5.41) is 2.89. The molecule has 3 heterocycles. The van der Waals surface area contributed by atoms with Crippen molar-refractivity contribution in [2.45, 2.75) is 13.1 Å². The van der Waals surface area contributed by atoms with Crippen molar-refractivity contribution in [2.24, 2.45) is 0 Å². The highest BCUT2D eigenvalue weighted by Crippen LogP contribution is 2.22. The van der Waals surface area contributed by atoms with Crippen molar-refractivity contribution in [1.82, 2.24) is 9.88 Å². The quantitative estimate of drug-likeness (QED) is 0.524. The molecule has 3 aromatic heterocycles. The number of nitrogens with zero attached hydrogens (tertiary/aromatic N) is 2. The first-order valence-corrected chi connectivity index (χ1v) is 8.87. The highest BCUT2D eigenvalue weighted by atomic mass is 32.1. The van der Waals surface area contributed by atoms with E-state index in [1.807, 2.05) is 58.8 Å². The van der Waals surface area contributed by atoms with Crippen LogP contribution in [0.25, 0.3) is 10.9 Å². The number of aromatic nitrogens is 1. The van der Waals surface area contributed by atoms with Crippen molar-refractivity contribution in [3.8, 4) is 0 Å². The Labute approximate surface area is 149 Å². The molecule has 0 saturated carbocycles. The fourth-order valence-corrected chi connectivity index (χ4v) is 3.55. The Balaban J connectivity index is 1.70. The first-order valence-electron chi connectivity index (χ1n) is 7.99. The Morgan fingerprint density at radius 1 is 1.04 bits per heavy atom. The maximum atomic E-state index is 13.3. The Kier molecular flexibility index (Phi) is 4.31. The van der Waals surface area contributed by atoms with Gasteiger partial charge in [0.05, 0.1) is 30.4 Å². The minimum atomic E-state index is -0.0246. The summed E-state index contributed by atoms with van der Waals surface area (Å²) in [6.45, 7) is 0.980. The molecule has 0 aliphatic carbocycles. The third kappa shape index (κ3) is 3.32. The molecule has 0 bridgehead atoms. The van der Waals surface area contributed by atoms with Crippen LogP contribution in [0.15, 0.2) is 76.9 Å². The van der Waals surface area contributed by atoms with Crippen LogP contribution in [0, 0.1) is 0 Å². The Morgan fingerprint density at radius 2 is 1.96 bits per heavy atom. The molecule has 1 aromatic carbocycles. The summed E-state index contributed by atoms with van der Waals surface area (Å²) < 4.78 is 5.45. The number of thiophene rings is 1. The number of carbonyl (C=O) groups is 1. The fourth-order valence-electron chi connectivity index (χ4n) is 2.83. The lowest BCUT2D eigenvalue weighted by Gasteiger charge is -2.22. The van der Waals surface area contributed by atoms with Crippen LogP contribution >= 0.6 is 11.3 Å². The second-order valence-corrected chi connectivity index (χ2v) is 6.73. The van der Waals surface area contributed by atoms with E-state index in [2.05, 4.69) is 4.98 Å². The van der Waals surface area contributed by atoms with E-state index in [1.54, 1.807) is 29.9 Å². The molecule has 4 nitrogen and oxygen atoms in total. The van der Waals surface area contributed by atoms with Gasteiger partial charge in [0.15, 0.2) is 0 Å². The van der Waals surface area contributed by atoms with E-state index in [0.717, 1.165) is 21.5 Å². The molecule has 25 heavy (non-hydrogen) atoms. The Morgan fingerprint density at radius 3 is 2.76 bits per heavy atom. The van der Waals surface area contributed by atoms with E-state index in [9.17, 15) is 4.79 Å². The van der Waals surface area contributed by atoms with Crippen LogP contribution in [0.5, 0.6) is 0 Å². The molecule has 0 aliphatic rings. The largest absolute Gasteiger partial charge is 0.467 e. The van der Waals surface area contributed by atoms with Gasteiger partial charge in [-0.25, -0.2) is 0 Å². The average molecular weight is 348 g/mol. The van der Waals surface area contributed by atoms with Gasteiger partial charge < -0.3 is 9.32 Å². The number of amides is 1. The van der Waals surface area contributed by atoms with E-state index >= 15 is 0 Å². The molecule has 0 radical (unpaired) electrons. The molecule has 1 amide bonds. The maximum Gasteiger partial charge on any atom is 0.255 e. The monoisotopic (exact) mass is 348 g/mol. The molecular formula is C20H16N2O2S. The van der Waals surface area contributed by atoms with Crippen LogP contribution in [0.3, 0.4) is 0 Å². The lowest BCUT2D eigenvalue weighted by Crippen LogP contribution is -2.29. The van der Waals surface area contributed by atoms with E-state index in [-0.39, 0.29) is 5.91 Å². The molecule has 0 spiro atoms. The number of rotatable bonds is 5. The van der Waals surface area contributed by atoms with Gasteiger partial charge in [-0.2, -0.15) is 0 Å². The van der Waals surface area contributed by atoms with Crippen LogP contribution in [0.4, 0.5) is 0 Å². The number of pyridine rings is 1. The van der Waals surface area contributed by atoms with Crippen molar-refractivity contribution in [1.29, 1.82) is 0 Å². The van der Waals surface area contributed by atoms with Crippen LogP contribution in [-0.4, -0.2) is 15.8 Å². The topological polar surface area (TPSA) is 46.3 Å². The molecule has 0 unspecified atom stereocenters. The highest BCUT2D eigenvalue weighted by molar-refractivity contribution is 7.09. The number of fused-ring (bicyclic) bond motifs is 1. The molecule has 4 aromatic rings. The Hall–Kier alpha value is -2.92. The smallest absolute Gasteiger partial charge is 0.255 e. The van der Waals surface area contributed by atoms with Crippen molar-refractivity contribution in [3.05, 3.63) is 88.6 Å². The van der Waals surface area contributed by atoms with Gasteiger partial charge in [-0.3, -0.25) is 9.78 Å². The second kappa shape index (κ2) is 6.91. The zero-order valence-electron chi connectivity index (χ0n) is 13.5. The molecule has 124 valence electrons. The summed E-state index contributed by atoms with van der Waals surface area (Å²) >= 11 is 1.64. The first-order chi connectivity index (χ1) is 12.3. The molecule has 5 heteroatoms. The van der Waals surface area contributed by atoms with Gasteiger partial charge in [0.2, 0.25) is 0 Å². The van der Waals surface area contributed by atoms with Crippen molar-refractivity contribution in [3.63, 3.8) is 0 Å². The maximum absolute atomic E-state index is 13.3. The molecular weight excluding hydrogens is 332 g/mol. The summed E-state index contributed by atoms with van der Waals surface area (Å²) in [5.41, 5.74) is 1.48. The molecule has 4 rings (SSSR count). The molecule has 0 atom stereocenters.